The molecular weight excluding hydrogens is 398 g/mol. The van der Waals surface area contributed by atoms with Gasteiger partial charge in [-0.15, -0.1) is 11.8 Å². The molecule has 0 unspecified atom stereocenters. The van der Waals surface area contributed by atoms with Gasteiger partial charge in [0.1, 0.15) is 0 Å². The van der Waals surface area contributed by atoms with Gasteiger partial charge in [-0.2, -0.15) is 0 Å². The van der Waals surface area contributed by atoms with Crippen LogP contribution in [-0.4, -0.2) is 23.4 Å². The fraction of sp³-hybridized carbons (Fsp3) is 0.571. The molecule has 1 heterocycles. The highest BCUT2D eigenvalue weighted by molar-refractivity contribution is 6.09. The van der Waals surface area contributed by atoms with Crippen molar-refractivity contribution in [1.82, 2.24) is 4.57 Å². The highest BCUT2D eigenvalue weighted by Gasteiger charge is 2.23. The van der Waals surface area contributed by atoms with Crippen LogP contribution in [0, 0.1) is 30.6 Å². The molecule has 0 saturated carbocycles. The number of aryl methyl sites for hydroxylation is 2. The van der Waals surface area contributed by atoms with E-state index in [0.29, 0.717) is 12.3 Å². The quantitative estimate of drug-likeness (QED) is 0.177. The van der Waals surface area contributed by atoms with Crippen molar-refractivity contribution in [2.45, 2.75) is 79.1 Å². The zero-order chi connectivity index (χ0) is 23.7. The summed E-state index contributed by atoms with van der Waals surface area (Å²) in [6, 6.07) is 6.32. The summed E-state index contributed by atoms with van der Waals surface area (Å²) < 4.78 is 6.95. The number of carbonyl (C=O) groups excluding carboxylic acids is 2. The maximum absolute atomic E-state index is 13.4. The van der Waals surface area contributed by atoms with Crippen LogP contribution in [0.2, 0.25) is 0 Å². The van der Waals surface area contributed by atoms with E-state index in [4.69, 9.17) is 4.74 Å². The summed E-state index contributed by atoms with van der Waals surface area (Å²) in [4.78, 5) is 25.0. The molecule has 0 bridgehead atoms. The molecule has 32 heavy (non-hydrogen) atoms. The van der Waals surface area contributed by atoms with E-state index in [2.05, 4.69) is 62.4 Å². The van der Waals surface area contributed by atoms with Crippen LogP contribution >= 0.6 is 0 Å². The number of esters is 1. The number of fused-ring (bicyclic) bond motifs is 1. The summed E-state index contributed by atoms with van der Waals surface area (Å²) in [5.41, 5.74) is 4.19. The Bertz CT molecular complexity index is 987. The Morgan fingerprint density at radius 3 is 2.47 bits per heavy atom. The van der Waals surface area contributed by atoms with E-state index in [1.165, 1.54) is 7.11 Å². The molecule has 1 aromatic carbocycles. The molecule has 0 fully saturated rings. The lowest BCUT2D eigenvalue weighted by Gasteiger charge is -2.11. The molecule has 1 atom stereocenters. The maximum Gasteiger partial charge on any atom is 0.305 e. The number of ketones is 1. The van der Waals surface area contributed by atoms with Crippen molar-refractivity contribution in [3.8, 4) is 11.8 Å². The molecular formula is C28H39NO3. The number of ether oxygens (including phenoxy) is 1. The summed E-state index contributed by atoms with van der Waals surface area (Å²) in [6.07, 6.45) is 6.95. The largest absolute Gasteiger partial charge is 0.469 e. The SMILES string of the molecule is COC(=O)C[C@@H](C)CC(=O)c1c(CCCCCCC#CC(C)C)n(C)c2ccc(C)cc12. The standard InChI is InChI=1S/C28H39NO3/c1-20(2)13-11-9-7-8-10-12-14-25-28(26(30)18-22(4)19-27(31)32-6)23-17-21(3)15-16-24(23)29(25)5/h15-17,20,22H,7-10,12,14,18-19H2,1-6H3/t22-/m0/s1. The first-order valence-electron chi connectivity index (χ1n) is 11.9. The van der Waals surface area contributed by atoms with Crippen LogP contribution in [0.1, 0.15) is 87.3 Å². The number of benzene rings is 1. The number of unbranched alkanes of at least 4 members (excludes halogenated alkanes) is 4. The Kier molecular flexibility index (Phi) is 10.0. The molecule has 0 aliphatic heterocycles. The van der Waals surface area contributed by atoms with Gasteiger partial charge in [0.25, 0.3) is 0 Å². The number of hydrogen-bond donors (Lipinski definition) is 0. The van der Waals surface area contributed by atoms with Gasteiger partial charge >= 0.3 is 5.97 Å². The van der Waals surface area contributed by atoms with Crippen molar-refractivity contribution < 1.29 is 14.3 Å². The predicted octanol–water partition coefficient (Wildman–Crippen LogP) is 6.41. The molecule has 4 nitrogen and oxygen atoms in total. The molecule has 4 heteroatoms. The molecule has 0 spiro atoms. The predicted molar refractivity (Wildman–Crippen MR) is 132 cm³/mol. The minimum atomic E-state index is -0.266. The van der Waals surface area contributed by atoms with Crippen LogP contribution < -0.4 is 0 Å². The number of methoxy groups -OCH3 is 1. The van der Waals surface area contributed by atoms with Crippen LogP contribution in [-0.2, 0) is 23.0 Å². The molecule has 174 valence electrons. The summed E-state index contributed by atoms with van der Waals surface area (Å²) >= 11 is 0. The Hall–Kier alpha value is -2.54. The van der Waals surface area contributed by atoms with Crippen molar-refractivity contribution in [2.75, 3.05) is 7.11 Å². The molecule has 0 aliphatic carbocycles. The Balaban J connectivity index is 2.12. The number of carbonyl (C=O) groups is 2. The van der Waals surface area contributed by atoms with Crippen LogP contribution in [0.25, 0.3) is 10.9 Å². The van der Waals surface area contributed by atoms with Gasteiger partial charge in [0.15, 0.2) is 5.78 Å². The molecule has 0 saturated heterocycles. The normalized spacial score (nSPS) is 12.0. The van der Waals surface area contributed by atoms with Gasteiger partial charge in [0, 0.05) is 54.4 Å². The van der Waals surface area contributed by atoms with E-state index < -0.39 is 0 Å². The number of nitrogens with zero attached hydrogens (tertiary/aromatic N) is 1. The van der Waals surface area contributed by atoms with Gasteiger partial charge in [-0.05, 0) is 44.2 Å². The molecule has 0 radical (unpaired) electrons. The highest BCUT2D eigenvalue weighted by Crippen LogP contribution is 2.30. The van der Waals surface area contributed by atoms with Gasteiger partial charge in [-0.25, -0.2) is 0 Å². The second-order valence-corrected chi connectivity index (χ2v) is 9.30. The zero-order valence-corrected chi connectivity index (χ0v) is 20.7. The van der Waals surface area contributed by atoms with Crippen LogP contribution in [0.3, 0.4) is 0 Å². The van der Waals surface area contributed by atoms with Gasteiger partial charge < -0.3 is 9.30 Å². The molecule has 2 aromatic rings. The zero-order valence-electron chi connectivity index (χ0n) is 20.7. The van der Waals surface area contributed by atoms with E-state index >= 15 is 0 Å². The first-order valence-corrected chi connectivity index (χ1v) is 11.9. The van der Waals surface area contributed by atoms with E-state index in [-0.39, 0.29) is 24.1 Å². The van der Waals surface area contributed by atoms with Crippen molar-refractivity contribution in [3.63, 3.8) is 0 Å². The van der Waals surface area contributed by atoms with Crippen molar-refractivity contribution >= 4 is 22.7 Å². The van der Waals surface area contributed by atoms with Crippen molar-refractivity contribution in [2.24, 2.45) is 18.9 Å². The topological polar surface area (TPSA) is 48.3 Å². The first-order chi connectivity index (χ1) is 15.2. The Labute approximate surface area is 193 Å². The van der Waals surface area contributed by atoms with Crippen molar-refractivity contribution in [3.05, 3.63) is 35.0 Å². The highest BCUT2D eigenvalue weighted by atomic mass is 16.5. The Morgan fingerprint density at radius 2 is 1.78 bits per heavy atom. The summed E-state index contributed by atoms with van der Waals surface area (Å²) in [5, 5.41) is 1.03. The van der Waals surface area contributed by atoms with Gasteiger partial charge in [-0.3, -0.25) is 9.59 Å². The van der Waals surface area contributed by atoms with E-state index in [9.17, 15) is 9.59 Å². The number of hydrogen-bond acceptors (Lipinski definition) is 3. The fourth-order valence-electron chi connectivity index (χ4n) is 4.21. The smallest absolute Gasteiger partial charge is 0.305 e. The van der Waals surface area contributed by atoms with Gasteiger partial charge in [0.05, 0.1) is 7.11 Å². The number of Topliss-reactive ketones (excluding diaryl/α,β-unsaturated/α-hetero) is 1. The van der Waals surface area contributed by atoms with Gasteiger partial charge in [-0.1, -0.05) is 45.2 Å². The van der Waals surface area contributed by atoms with Crippen LogP contribution in [0.4, 0.5) is 0 Å². The number of aromatic nitrogens is 1. The third-order valence-electron chi connectivity index (χ3n) is 5.89. The fourth-order valence-corrected chi connectivity index (χ4v) is 4.21. The van der Waals surface area contributed by atoms with Gasteiger partial charge in [0.2, 0.25) is 0 Å². The molecule has 2 rings (SSSR count). The minimum Gasteiger partial charge on any atom is -0.469 e. The minimum absolute atomic E-state index is 0.0465. The maximum atomic E-state index is 13.4. The summed E-state index contributed by atoms with van der Waals surface area (Å²) in [5.74, 6) is 6.72. The molecule has 1 aromatic heterocycles. The Morgan fingerprint density at radius 1 is 1.06 bits per heavy atom. The average Bonchev–Trinajstić information content (AvgIpc) is 3.00. The van der Waals surface area contributed by atoms with Crippen LogP contribution in [0.15, 0.2) is 18.2 Å². The lowest BCUT2D eigenvalue weighted by atomic mass is 9.94. The monoisotopic (exact) mass is 437 g/mol. The summed E-state index contributed by atoms with van der Waals surface area (Å²) in [7, 11) is 3.45. The molecule has 0 amide bonds. The number of rotatable bonds is 11. The average molecular weight is 438 g/mol. The second-order valence-electron chi connectivity index (χ2n) is 9.30. The van der Waals surface area contributed by atoms with E-state index in [1.54, 1.807) is 0 Å². The van der Waals surface area contributed by atoms with Crippen LogP contribution in [0.5, 0.6) is 0 Å². The van der Waals surface area contributed by atoms with E-state index in [1.807, 2.05) is 6.92 Å². The lowest BCUT2D eigenvalue weighted by molar-refractivity contribution is -0.141. The summed E-state index contributed by atoms with van der Waals surface area (Å²) in [6.45, 7) is 8.23. The lowest BCUT2D eigenvalue weighted by Crippen LogP contribution is -2.13. The van der Waals surface area contributed by atoms with Crippen molar-refractivity contribution in [1.29, 1.82) is 0 Å². The second kappa shape index (κ2) is 12.5. The third-order valence-corrected chi connectivity index (χ3v) is 5.89. The van der Waals surface area contributed by atoms with E-state index in [0.717, 1.165) is 66.2 Å². The molecule has 0 aliphatic rings. The molecule has 0 N–H and O–H groups in total. The third kappa shape index (κ3) is 7.26. The first kappa shape index (κ1) is 25.7.